The second-order valence-electron chi connectivity index (χ2n) is 7.81. The van der Waals surface area contributed by atoms with Crippen molar-refractivity contribution in [1.82, 2.24) is 15.1 Å². The van der Waals surface area contributed by atoms with Crippen LogP contribution in [-0.4, -0.2) is 28.1 Å². The number of anilines is 1. The first kappa shape index (κ1) is 19.9. The van der Waals surface area contributed by atoms with Gasteiger partial charge in [-0.1, -0.05) is 43.7 Å². The molecule has 0 aliphatic carbocycles. The third-order valence-electron chi connectivity index (χ3n) is 5.32. The molecule has 1 aliphatic heterocycles. The van der Waals surface area contributed by atoms with Crippen molar-refractivity contribution in [3.05, 3.63) is 65.7 Å². The summed E-state index contributed by atoms with van der Waals surface area (Å²) >= 11 is 0. The van der Waals surface area contributed by atoms with Gasteiger partial charge in [0, 0.05) is 24.6 Å². The van der Waals surface area contributed by atoms with Gasteiger partial charge in [0.1, 0.15) is 0 Å². The molecule has 154 valence electrons. The number of hydrogen-bond donors (Lipinski definition) is 2. The lowest BCUT2D eigenvalue weighted by atomic mass is 10.0. The fourth-order valence-corrected chi connectivity index (χ4v) is 3.80. The van der Waals surface area contributed by atoms with E-state index in [0.717, 1.165) is 35.3 Å². The number of nitrogens with zero attached hydrogens (tertiary/aromatic N) is 2. The van der Waals surface area contributed by atoms with Gasteiger partial charge in [-0.05, 0) is 42.7 Å². The quantitative estimate of drug-likeness (QED) is 0.657. The summed E-state index contributed by atoms with van der Waals surface area (Å²) in [5, 5.41) is 10.3. The molecule has 6 nitrogen and oxygen atoms in total. The fourth-order valence-electron chi connectivity index (χ4n) is 3.80. The Labute approximate surface area is 176 Å². The van der Waals surface area contributed by atoms with Crippen molar-refractivity contribution in [3.8, 4) is 16.9 Å². The van der Waals surface area contributed by atoms with Gasteiger partial charge in [0.05, 0.1) is 17.3 Å². The minimum atomic E-state index is -0.363. The summed E-state index contributed by atoms with van der Waals surface area (Å²) in [7, 11) is 0. The Morgan fingerprint density at radius 2 is 2.03 bits per heavy atom. The van der Waals surface area contributed by atoms with Crippen molar-refractivity contribution in [2.45, 2.75) is 33.1 Å². The largest absolute Gasteiger partial charge is 0.355 e. The minimum absolute atomic E-state index is 0.0890. The van der Waals surface area contributed by atoms with Crippen LogP contribution in [0.3, 0.4) is 0 Å². The van der Waals surface area contributed by atoms with Gasteiger partial charge in [-0.25, -0.2) is 4.68 Å². The van der Waals surface area contributed by atoms with Crippen molar-refractivity contribution < 1.29 is 9.59 Å². The second-order valence-corrected chi connectivity index (χ2v) is 7.81. The lowest BCUT2D eigenvalue weighted by Crippen LogP contribution is -2.24. The molecule has 3 aromatic rings. The molecule has 0 saturated carbocycles. The second kappa shape index (κ2) is 8.53. The maximum atomic E-state index is 12.6. The highest BCUT2D eigenvalue weighted by Crippen LogP contribution is 2.28. The highest BCUT2D eigenvalue weighted by molar-refractivity contribution is 5.97. The van der Waals surface area contributed by atoms with Crippen LogP contribution < -0.4 is 10.6 Å². The molecule has 1 fully saturated rings. The van der Waals surface area contributed by atoms with E-state index in [1.807, 2.05) is 35.9 Å². The molecular weight excluding hydrogens is 376 g/mol. The molecule has 1 atom stereocenters. The molecule has 6 heteroatoms. The maximum Gasteiger partial charge on any atom is 0.230 e. The average molecular weight is 402 g/mol. The van der Waals surface area contributed by atoms with E-state index in [0.29, 0.717) is 12.4 Å². The summed E-state index contributed by atoms with van der Waals surface area (Å²) in [5.74, 6) is -0.155. The number of rotatable bonds is 6. The number of carbonyl (C=O) groups is 2. The normalized spacial score (nSPS) is 15.8. The van der Waals surface area contributed by atoms with Crippen LogP contribution in [0.15, 0.2) is 54.6 Å². The van der Waals surface area contributed by atoms with Crippen LogP contribution in [0.1, 0.15) is 30.9 Å². The molecule has 1 saturated heterocycles. The highest BCUT2D eigenvalue weighted by Gasteiger charge is 2.28. The molecule has 1 aliphatic rings. The van der Waals surface area contributed by atoms with E-state index in [1.54, 1.807) is 0 Å². The van der Waals surface area contributed by atoms with E-state index >= 15 is 0 Å². The highest BCUT2D eigenvalue weighted by atomic mass is 16.2. The van der Waals surface area contributed by atoms with Gasteiger partial charge in [0.15, 0.2) is 5.82 Å². The Hall–Kier alpha value is -3.41. The number of aromatic nitrogens is 2. The molecule has 0 bridgehead atoms. The Morgan fingerprint density at radius 1 is 1.20 bits per heavy atom. The molecule has 30 heavy (non-hydrogen) atoms. The van der Waals surface area contributed by atoms with Crippen LogP contribution in [0.2, 0.25) is 0 Å². The number of amides is 2. The van der Waals surface area contributed by atoms with Crippen LogP contribution in [0.25, 0.3) is 16.9 Å². The number of benzene rings is 2. The Morgan fingerprint density at radius 3 is 2.77 bits per heavy atom. The molecule has 2 aromatic carbocycles. The topological polar surface area (TPSA) is 76.0 Å². The van der Waals surface area contributed by atoms with E-state index in [2.05, 4.69) is 53.0 Å². The number of aryl methyl sites for hydroxylation is 2. The molecule has 0 radical (unpaired) electrons. The smallest absolute Gasteiger partial charge is 0.230 e. The van der Waals surface area contributed by atoms with Gasteiger partial charge >= 0.3 is 0 Å². The van der Waals surface area contributed by atoms with E-state index in [4.69, 9.17) is 0 Å². The lowest BCUT2D eigenvalue weighted by molar-refractivity contribution is -0.123. The zero-order valence-corrected chi connectivity index (χ0v) is 17.3. The molecule has 1 aromatic heterocycles. The maximum absolute atomic E-state index is 12.6. The summed E-state index contributed by atoms with van der Waals surface area (Å²) < 4.78 is 1.87. The van der Waals surface area contributed by atoms with Crippen LogP contribution in [0.5, 0.6) is 0 Å². The molecule has 2 heterocycles. The molecule has 4 rings (SSSR count). The first-order valence-electron chi connectivity index (χ1n) is 10.4. The summed E-state index contributed by atoms with van der Waals surface area (Å²) in [6.07, 6.45) is 2.31. The molecule has 2 amide bonds. The third-order valence-corrected chi connectivity index (χ3v) is 5.32. The summed E-state index contributed by atoms with van der Waals surface area (Å²) in [4.78, 5) is 24.0. The van der Waals surface area contributed by atoms with Gasteiger partial charge in [-0.3, -0.25) is 9.59 Å². The van der Waals surface area contributed by atoms with Crippen LogP contribution in [0.4, 0.5) is 5.82 Å². The van der Waals surface area contributed by atoms with Gasteiger partial charge in [-0.15, -0.1) is 5.10 Å². The Balaban J connectivity index is 1.71. The first-order valence-corrected chi connectivity index (χ1v) is 10.4. The van der Waals surface area contributed by atoms with Crippen molar-refractivity contribution >= 4 is 17.6 Å². The lowest BCUT2D eigenvalue weighted by Gasteiger charge is -2.09. The fraction of sp³-hybridized carbons (Fsp3) is 0.292. The minimum Gasteiger partial charge on any atom is -0.355 e. The number of hydrogen-bond acceptors (Lipinski definition) is 3. The molecule has 0 spiro atoms. The Kier molecular flexibility index (Phi) is 5.65. The third kappa shape index (κ3) is 4.27. The Bertz CT molecular complexity index is 1090. The number of carbonyl (C=O) groups excluding carboxylic acids is 2. The van der Waals surface area contributed by atoms with Crippen LogP contribution in [-0.2, 0) is 16.0 Å². The van der Waals surface area contributed by atoms with Crippen molar-refractivity contribution in [3.63, 3.8) is 0 Å². The van der Waals surface area contributed by atoms with Gasteiger partial charge in [0.2, 0.25) is 11.8 Å². The summed E-state index contributed by atoms with van der Waals surface area (Å²) in [5.41, 5.74) is 5.30. The van der Waals surface area contributed by atoms with Crippen molar-refractivity contribution in [2.24, 2.45) is 5.92 Å². The number of nitrogens with one attached hydrogen (secondary N) is 2. The predicted octanol–water partition coefficient (Wildman–Crippen LogP) is 3.87. The van der Waals surface area contributed by atoms with Crippen molar-refractivity contribution in [2.75, 3.05) is 11.9 Å². The molecular formula is C24H26N4O2. The van der Waals surface area contributed by atoms with Gasteiger partial charge in [0.25, 0.3) is 0 Å². The van der Waals surface area contributed by atoms with E-state index in [1.165, 1.54) is 5.56 Å². The average Bonchev–Trinajstić information content (AvgIpc) is 3.35. The van der Waals surface area contributed by atoms with Gasteiger partial charge < -0.3 is 10.6 Å². The van der Waals surface area contributed by atoms with E-state index in [9.17, 15) is 9.59 Å². The molecule has 2 N–H and O–H groups in total. The zero-order valence-electron chi connectivity index (χ0n) is 17.3. The summed E-state index contributed by atoms with van der Waals surface area (Å²) in [6.45, 7) is 4.58. The standard InChI is InChI=1S/C24H26N4O2/c1-3-6-17-8-5-9-18(12-17)21-14-22(26-24(30)19-13-23(29)25-15-19)27-28(21)20-10-4-7-16(2)11-20/h4-5,7-12,14,19H,3,6,13,15H2,1-2H3,(H,25,29)(H,26,27,30)/t19-/m0/s1. The monoisotopic (exact) mass is 402 g/mol. The van der Waals surface area contributed by atoms with E-state index < -0.39 is 0 Å². The zero-order chi connectivity index (χ0) is 21.1. The summed E-state index contributed by atoms with van der Waals surface area (Å²) in [6, 6.07) is 18.4. The first-order chi connectivity index (χ1) is 14.5. The molecule has 0 unspecified atom stereocenters. The van der Waals surface area contributed by atoms with Crippen molar-refractivity contribution in [1.29, 1.82) is 0 Å². The van der Waals surface area contributed by atoms with Crippen LogP contribution >= 0.6 is 0 Å². The van der Waals surface area contributed by atoms with E-state index in [-0.39, 0.29) is 24.2 Å². The van der Waals surface area contributed by atoms with Crippen LogP contribution in [0, 0.1) is 12.8 Å². The van der Waals surface area contributed by atoms with Gasteiger partial charge in [-0.2, -0.15) is 0 Å². The predicted molar refractivity (Wildman–Crippen MR) is 117 cm³/mol. The SMILES string of the molecule is CCCc1cccc(-c2cc(NC(=O)[C@@H]3CNC(=O)C3)nn2-c2cccc(C)c2)c1.